The summed E-state index contributed by atoms with van der Waals surface area (Å²) < 4.78 is 27.5. The summed E-state index contributed by atoms with van der Waals surface area (Å²) >= 11 is 0. The van der Waals surface area contributed by atoms with Gasteiger partial charge in [0.15, 0.2) is 11.7 Å². The maximum absolute atomic E-state index is 13.8. The Balaban J connectivity index is 0.00000149. The molecule has 0 nitrogen and oxygen atoms in total. The molecule has 0 aromatic rings. The fraction of sp³-hybridized carbons (Fsp3) is 0.619. The molecule has 1 saturated carbocycles. The minimum absolute atomic E-state index is 0.204. The second-order valence-electron chi connectivity index (χ2n) is 6.45. The molecular formula is C21H34F2. The predicted molar refractivity (Wildman–Crippen MR) is 98.7 cm³/mol. The van der Waals surface area contributed by atoms with E-state index in [1.807, 2.05) is 6.08 Å². The summed E-state index contributed by atoms with van der Waals surface area (Å²) in [6.07, 6.45) is 9.75. The molecule has 0 saturated heterocycles. The van der Waals surface area contributed by atoms with E-state index >= 15 is 0 Å². The van der Waals surface area contributed by atoms with Gasteiger partial charge in [0.2, 0.25) is 0 Å². The molecule has 1 rings (SSSR count). The first-order valence-corrected chi connectivity index (χ1v) is 8.95. The molecule has 0 atom stereocenters. The van der Waals surface area contributed by atoms with E-state index in [1.165, 1.54) is 19.3 Å². The van der Waals surface area contributed by atoms with Crippen molar-refractivity contribution in [3.05, 3.63) is 48.6 Å². The van der Waals surface area contributed by atoms with Crippen LogP contribution in [0.25, 0.3) is 0 Å². The lowest BCUT2D eigenvalue weighted by Crippen LogP contribution is -2.13. The van der Waals surface area contributed by atoms with E-state index in [9.17, 15) is 8.78 Å². The summed E-state index contributed by atoms with van der Waals surface area (Å²) in [4.78, 5) is 0. The summed E-state index contributed by atoms with van der Waals surface area (Å²) in [6.45, 7) is 17.0. The maximum Gasteiger partial charge on any atom is 0.161 e. The summed E-state index contributed by atoms with van der Waals surface area (Å²) in [5, 5.41) is 0. The molecule has 0 aromatic carbocycles. The Morgan fingerprint density at radius 2 is 1.43 bits per heavy atom. The smallest absolute Gasteiger partial charge is 0.161 e. The van der Waals surface area contributed by atoms with E-state index in [0.717, 1.165) is 19.3 Å². The highest BCUT2D eigenvalue weighted by atomic mass is 19.2. The van der Waals surface area contributed by atoms with Crippen LogP contribution < -0.4 is 0 Å². The van der Waals surface area contributed by atoms with Gasteiger partial charge in [0, 0.05) is 0 Å². The largest absolute Gasteiger partial charge is 0.203 e. The number of rotatable bonds is 7. The van der Waals surface area contributed by atoms with Gasteiger partial charge in [-0.15, -0.1) is 6.58 Å². The first-order chi connectivity index (χ1) is 10.9. The monoisotopic (exact) mass is 324 g/mol. The molecule has 0 unspecified atom stereocenters. The average Bonchev–Trinajstić information content (AvgIpc) is 2.58. The highest BCUT2D eigenvalue weighted by molar-refractivity contribution is 5.34. The number of halogens is 2. The molecule has 0 bridgehead atoms. The van der Waals surface area contributed by atoms with E-state index < -0.39 is 11.7 Å². The first kappa shape index (κ1) is 21.8. The lowest BCUT2D eigenvalue weighted by Gasteiger charge is -2.26. The summed E-state index contributed by atoms with van der Waals surface area (Å²) in [5.41, 5.74) is 0.470. The van der Waals surface area contributed by atoms with Gasteiger partial charge in [0.1, 0.15) is 0 Å². The molecule has 0 aliphatic heterocycles. The van der Waals surface area contributed by atoms with Gasteiger partial charge >= 0.3 is 0 Å². The third kappa shape index (κ3) is 8.29. The van der Waals surface area contributed by atoms with Crippen molar-refractivity contribution in [2.75, 3.05) is 0 Å². The van der Waals surface area contributed by atoms with Crippen LogP contribution in [0, 0.1) is 11.8 Å². The zero-order valence-electron chi connectivity index (χ0n) is 15.3. The van der Waals surface area contributed by atoms with Crippen LogP contribution in [0.5, 0.6) is 0 Å². The Bertz CT molecular complexity index is 410. The topological polar surface area (TPSA) is 0 Å². The molecule has 23 heavy (non-hydrogen) atoms. The Labute approximate surface area is 142 Å². The molecule has 132 valence electrons. The fourth-order valence-corrected chi connectivity index (χ4v) is 2.67. The standard InChI is InChI=1S/C18H26F2.C3H8/c1-5-13(3)17(19)18(20)14(4)7-8-16-11-9-15(6-2)10-12-16;1-3-2/h6,15-16H,2-5,7-12H2,1H3;3H2,1-2H3/b18-17-;. The maximum atomic E-state index is 13.8. The van der Waals surface area contributed by atoms with Crippen LogP contribution in [-0.2, 0) is 0 Å². The second-order valence-corrected chi connectivity index (χ2v) is 6.45. The van der Waals surface area contributed by atoms with Gasteiger partial charge in [-0.3, -0.25) is 0 Å². The Hall–Kier alpha value is -1.18. The van der Waals surface area contributed by atoms with Crippen LogP contribution in [0.4, 0.5) is 8.78 Å². The first-order valence-electron chi connectivity index (χ1n) is 8.95. The van der Waals surface area contributed by atoms with Crippen LogP contribution in [0.15, 0.2) is 48.6 Å². The summed E-state index contributed by atoms with van der Waals surface area (Å²) in [6, 6.07) is 0. The van der Waals surface area contributed by atoms with Crippen LogP contribution >= 0.6 is 0 Å². The molecule has 0 amide bonds. The molecule has 2 heteroatoms. The third-order valence-electron chi connectivity index (χ3n) is 4.32. The van der Waals surface area contributed by atoms with Crippen LogP contribution in [0.2, 0.25) is 0 Å². The quantitative estimate of drug-likeness (QED) is 0.330. The predicted octanol–water partition coefficient (Wildman–Crippen LogP) is 7.85. The van der Waals surface area contributed by atoms with Crippen molar-refractivity contribution in [3.8, 4) is 0 Å². The van der Waals surface area contributed by atoms with Crippen LogP contribution in [0.1, 0.15) is 72.1 Å². The van der Waals surface area contributed by atoms with Crippen LogP contribution in [-0.4, -0.2) is 0 Å². The van der Waals surface area contributed by atoms with Crippen molar-refractivity contribution in [1.82, 2.24) is 0 Å². The van der Waals surface area contributed by atoms with Gasteiger partial charge in [-0.2, -0.15) is 0 Å². The summed E-state index contributed by atoms with van der Waals surface area (Å²) in [7, 11) is 0. The van der Waals surface area contributed by atoms with E-state index in [0.29, 0.717) is 24.7 Å². The molecular weight excluding hydrogens is 290 g/mol. The van der Waals surface area contributed by atoms with E-state index in [2.05, 4.69) is 33.6 Å². The van der Waals surface area contributed by atoms with E-state index in [4.69, 9.17) is 0 Å². The molecule has 0 radical (unpaired) electrons. The van der Waals surface area contributed by atoms with Gasteiger partial charge in [-0.1, -0.05) is 46.4 Å². The minimum atomic E-state index is -0.826. The summed E-state index contributed by atoms with van der Waals surface area (Å²) in [5.74, 6) is -0.394. The minimum Gasteiger partial charge on any atom is -0.203 e. The van der Waals surface area contributed by atoms with Gasteiger partial charge in [0.05, 0.1) is 0 Å². The van der Waals surface area contributed by atoms with Crippen molar-refractivity contribution in [3.63, 3.8) is 0 Å². The molecule has 1 fully saturated rings. The second kappa shape index (κ2) is 12.3. The van der Waals surface area contributed by atoms with Crippen LogP contribution in [0.3, 0.4) is 0 Å². The van der Waals surface area contributed by atoms with Crippen molar-refractivity contribution in [2.24, 2.45) is 11.8 Å². The zero-order valence-corrected chi connectivity index (χ0v) is 15.3. The Morgan fingerprint density at radius 3 is 1.87 bits per heavy atom. The average molecular weight is 324 g/mol. The van der Waals surface area contributed by atoms with Gasteiger partial charge < -0.3 is 0 Å². The highest BCUT2D eigenvalue weighted by Gasteiger charge is 2.20. The zero-order chi connectivity index (χ0) is 17.8. The highest BCUT2D eigenvalue weighted by Crippen LogP contribution is 2.34. The number of allylic oxidation sites excluding steroid dienone is 5. The molecule has 1 aliphatic carbocycles. The Kier molecular flexibility index (Phi) is 11.6. The number of hydrogen-bond donors (Lipinski definition) is 0. The molecule has 1 aliphatic rings. The van der Waals surface area contributed by atoms with E-state index in [-0.39, 0.29) is 11.1 Å². The number of hydrogen-bond acceptors (Lipinski definition) is 0. The van der Waals surface area contributed by atoms with Gasteiger partial charge in [0.25, 0.3) is 0 Å². The lowest BCUT2D eigenvalue weighted by atomic mass is 9.79. The van der Waals surface area contributed by atoms with Gasteiger partial charge in [-0.05, 0) is 67.9 Å². The third-order valence-corrected chi connectivity index (χ3v) is 4.32. The van der Waals surface area contributed by atoms with Crippen molar-refractivity contribution < 1.29 is 8.78 Å². The molecule has 0 spiro atoms. The SMILES string of the molecule is C=CC1CCC(CCC(=C)/C(F)=C(/F)C(=C)CC)CC1.CCC. The molecule has 0 aromatic heterocycles. The Morgan fingerprint density at radius 1 is 0.957 bits per heavy atom. The molecule has 0 heterocycles. The van der Waals surface area contributed by atoms with Crippen molar-refractivity contribution in [1.29, 1.82) is 0 Å². The lowest BCUT2D eigenvalue weighted by molar-refractivity contribution is 0.296. The normalized spacial score (nSPS) is 21.6. The molecule has 0 N–H and O–H groups in total. The van der Waals surface area contributed by atoms with Crippen molar-refractivity contribution in [2.45, 2.75) is 72.1 Å². The van der Waals surface area contributed by atoms with Crippen molar-refractivity contribution >= 4 is 0 Å². The fourth-order valence-electron chi connectivity index (χ4n) is 2.67. The van der Waals surface area contributed by atoms with Gasteiger partial charge in [-0.25, -0.2) is 8.78 Å². The van der Waals surface area contributed by atoms with E-state index in [1.54, 1.807) is 6.92 Å².